The molecule has 0 unspecified atom stereocenters. The molecule has 6 nitrogen and oxygen atoms in total. The summed E-state index contributed by atoms with van der Waals surface area (Å²) < 4.78 is 16.8. The lowest BCUT2D eigenvalue weighted by atomic mass is 9.79. The molecule has 0 radical (unpaired) electrons. The predicted octanol–water partition coefficient (Wildman–Crippen LogP) is 6.04. The topological polar surface area (TPSA) is 60.0 Å². The van der Waals surface area contributed by atoms with Crippen LogP contribution >= 0.6 is 0 Å². The zero-order chi connectivity index (χ0) is 24.6. The Balaban J connectivity index is 1.82. The molecule has 0 bridgehead atoms. The average Bonchev–Trinajstić information content (AvgIpc) is 2.86. The monoisotopic (exact) mass is 468 g/mol. The van der Waals surface area contributed by atoms with Crippen LogP contribution in [-0.2, 0) is 10.2 Å². The number of nitrogens with one attached hydrogen (secondary N) is 1. The number of hydrogen-bond donors (Lipinski definition) is 1. The van der Waals surface area contributed by atoms with Crippen LogP contribution in [-0.4, -0.2) is 46.4 Å². The molecule has 1 saturated heterocycles. The van der Waals surface area contributed by atoms with E-state index in [9.17, 15) is 4.79 Å². The highest BCUT2D eigenvalue weighted by molar-refractivity contribution is 6.08. The fourth-order valence-electron chi connectivity index (χ4n) is 4.46. The van der Waals surface area contributed by atoms with E-state index in [0.29, 0.717) is 30.3 Å². The van der Waals surface area contributed by atoms with Gasteiger partial charge in [0.2, 0.25) is 0 Å². The first-order chi connectivity index (χ1) is 16.4. The summed E-state index contributed by atoms with van der Waals surface area (Å²) in [6.07, 6.45) is 5.96. The van der Waals surface area contributed by atoms with Gasteiger partial charge in [-0.25, -0.2) is 0 Å². The minimum Gasteiger partial charge on any atom is -0.496 e. The highest BCUT2D eigenvalue weighted by Crippen LogP contribution is 2.38. The predicted molar refractivity (Wildman–Crippen MR) is 139 cm³/mol. The van der Waals surface area contributed by atoms with Crippen molar-refractivity contribution >= 4 is 17.3 Å². The highest BCUT2D eigenvalue weighted by atomic mass is 16.5. The quantitative estimate of drug-likeness (QED) is 0.407. The maximum absolute atomic E-state index is 13.4. The van der Waals surface area contributed by atoms with Crippen LogP contribution in [0.25, 0.3) is 0 Å². The molecule has 186 valence electrons. The Labute approximate surface area is 204 Å². The number of carbonyl (C=O) groups is 1. The first-order valence-corrected chi connectivity index (χ1v) is 12.4. The molecule has 0 aliphatic carbocycles. The van der Waals surface area contributed by atoms with Gasteiger partial charge < -0.3 is 24.4 Å². The number of amides is 1. The first kappa shape index (κ1) is 25.9. The van der Waals surface area contributed by atoms with E-state index in [1.54, 1.807) is 14.2 Å². The van der Waals surface area contributed by atoms with Crippen molar-refractivity contribution in [2.24, 2.45) is 0 Å². The third-order valence-electron chi connectivity index (χ3n) is 6.65. The van der Waals surface area contributed by atoms with Gasteiger partial charge in [-0.05, 0) is 47.7 Å². The zero-order valence-corrected chi connectivity index (χ0v) is 21.4. The van der Waals surface area contributed by atoms with E-state index >= 15 is 0 Å². The summed E-state index contributed by atoms with van der Waals surface area (Å²) in [7, 11) is 3.20. The Morgan fingerprint density at radius 3 is 2.32 bits per heavy atom. The van der Waals surface area contributed by atoms with Crippen LogP contribution < -0.4 is 19.7 Å². The van der Waals surface area contributed by atoms with Gasteiger partial charge in [-0.1, -0.05) is 52.5 Å². The van der Waals surface area contributed by atoms with Gasteiger partial charge in [-0.2, -0.15) is 0 Å². The fourth-order valence-corrected chi connectivity index (χ4v) is 4.46. The molecule has 0 spiro atoms. The van der Waals surface area contributed by atoms with Crippen molar-refractivity contribution in [1.29, 1.82) is 0 Å². The smallest absolute Gasteiger partial charge is 0.263 e. The molecule has 1 aliphatic rings. The Morgan fingerprint density at radius 1 is 1.03 bits per heavy atom. The van der Waals surface area contributed by atoms with Gasteiger partial charge in [0.05, 0.1) is 27.4 Å². The Morgan fingerprint density at radius 2 is 1.71 bits per heavy atom. The van der Waals surface area contributed by atoms with Crippen molar-refractivity contribution < 1.29 is 19.0 Å². The van der Waals surface area contributed by atoms with Gasteiger partial charge >= 0.3 is 0 Å². The van der Waals surface area contributed by atoms with Crippen LogP contribution in [0.3, 0.4) is 0 Å². The van der Waals surface area contributed by atoms with Gasteiger partial charge in [0.1, 0.15) is 17.1 Å². The number of nitrogens with zero attached hydrogens (tertiary/aromatic N) is 1. The van der Waals surface area contributed by atoms with Crippen LogP contribution in [0.2, 0.25) is 0 Å². The minimum absolute atomic E-state index is 0.0458. The summed E-state index contributed by atoms with van der Waals surface area (Å²) in [5.74, 6) is 0.802. The molecule has 0 aromatic heterocycles. The summed E-state index contributed by atoms with van der Waals surface area (Å²) in [6.45, 7) is 9.82. The molecular weight excluding hydrogens is 428 g/mol. The van der Waals surface area contributed by atoms with Crippen LogP contribution in [0.4, 0.5) is 11.4 Å². The number of carbonyl (C=O) groups excluding carboxylic acids is 1. The van der Waals surface area contributed by atoms with Crippen molar-refractivity contribution in [3.05, 3.63) is 47.5 Å². The average molecular weight is 469 g/mol. The van der Waals surface area contributed by atoms with E-state index in [1.807, 2.05) is 30.3 Å². The third-order valence-corrected chi connectivity index (χ3v) is 6.65. The molecule has 1 aliphatic heterocycles. The second-order valence-electron chi connectivity index (χ2n) is 9.55. The first-order valence-electron chi connectivity index (χ1n) is 12.4. The molecule has 1 fully saturated rings. The van der Waals surface area contributed by atoms with Crippen molar-refractivity contribution in [2.45, 2.75) is 58.3 Å². The van der Waals surface area contributed by atoms with Crippen molar-refractivity contribution in [3.63, 3.8) is 0 Å². The molecule has 1 heterocycles. The number of anilines is 2. The van der Waals surface area contributed by atoms with Crippen LogP contribution in [0, 0.1) is 0 Å². The number of hydrogen-bond acceptors (Lipinski definition) is 5. The van der Waals surface area contributed by atoms with Crippen LogP contribution in [0.15, 0.2) is 36.4 Å². The fraction of sp³-hybridized carbons (Fsp3) is 0.536. The number of rotatable bonds is 11. The van der Waals surface area contributed by atoms with Crippen molar-refractivity contribution in [3.8, 4) is 11.5 Å². The lowest BCUT2D eigenvalue weighted by Crippen LogP contribution is -2.36. The molecule has 1 N–H and O–H groups in total. The second kappa shape index (κ2) is 12.1. The number of methoxy groups -OCH3 is 2. The summed E-state index contributed by atoms with van der Waals surface area (Å²) in [6, 6.07) is 11.9. The third kappa shape index (κ3) is 6.44. The molecule has 0 saturated carbocycles. The van der Waals surface area contributed by atoms with Gasteiger partial charge in [0, 0.05) is 24.5 Å². The number of unbranched alkanes of at least 4 members (excludes halogenated alkanes) is 3. The number of benzene rings is 2. The van der Waals surface area contributed by atoms with E-state index in [0.717, 1.165) is 36.4 Å². The molecule has 2 aromatic rings. The van der Waals surface area contributed by atoms with E-state index < -0.39 is 0 Å². The van der Waals surface area contributed by atoms with Crippen LogP contribution in [0.5, 0.6) is 11.5 Å². The molecular formula is C28H40N2O4. The molecule has 6 heteroatoms. The number of ether oxygens (including phenoxy) is 3. The summed E-state index contributed by atoms with van der Waals surface area (Å²) in [5, 5.41) is 3.04. The van der Waals surface area contributed by atoms with Gasteiger partial charge in [-0.15, -0.1) is 0 Å². The summed E-state index contributed by atoms with van der Waals surface area (Å²) in [5.41, 5.74) is 3.28. The second-order valence-corrected chi connectivity index (χ2v) is 9.55. The minimum atomic E-state index is -0.250. The Bertz CT molecular complexity index is 926. The molecule has 3 rings (SSSR count). The Hall–Kier alpha value is -2.73. The lowest BCUT2D eigenvalue weighted by molar-refractivity contribution is 0.102. The maximum Gasteiger partial charge on any atom is 0.263 e. The molecule has 1 amide bonds. The largest absolute Gasteiger partial charge is 0.496 e. The SMILES string of the molecule is CCCCCCC(C)(C)c1cc(OC)c(C(=O)Nc2cccc(N3CCOCC3)c2)c(OC)c1. The highest BCUT2D eigenvalue weighted by Gasteiger charge is 2.27. The lowest BCUT2D eigenvalue weighted by Gasteiger charge is -2.29. The van der Waals surface area contributed by atoms with E-state index in [4.69, 9.17) is 14.2 Å². The van der Waals surface area contributed by atoms with Crippen LogP contribution in [0.1, 0.15) is 68.8 Å². The zero-order valence-electron chi connectivity index (χ0n) is 21.4. The molecule has 2 aromatic carbocycles. The van der Waals surface area contributed by atoms with Gasteiger partial charge in [0.15, 0.2) is 0 Å². The van der Waals surface area contributed by atoms with E-state index in [1.165, 1.54) is 25.7 Å². The van der Waals surface area contributed by atoms with E-state index in [-0.39, 0.29) is 11.3 Å². The summed E-state index contributed by atoms with van der Waals surface area (Å²) in [4.78, 5) is 15.6. The van der Waals surface area contributed by atoms with Crippen molar-refractivity contribution in [2.75, 3.05) is 50.7 Å². The van der Waals surface area contributed by atoms with E-state index in [2.05, 4.69) is 37.1 Å². The summed E-state index contributed by atoms with van der Waals surface area (Å²) >= 11 is 0. The normalized spacial score (nSPS) is 14.1. The van der Waals surface area contributed by atoms with Gasteiger partial charge in [-0.3, -0.25) is 4.79 Å². The molecule has 34 heavy (non-hydrogen) atoms. The Kier molecular flexibility index (Phi) is 9.22. The molecule has 0 atom stereocenters. The maximum atomic E-state index is 13.4. The standard InChI is InChI=1S/C28H40N2O4/c1-6-7-8-9-13-28(2,3)21-18-24(32-4)26(25(19-21)33-5)27(31)29-22-11-10-12-23(20-22)30-14-16-34-17-15-30/h10-12,18-20H,6-9,13-17H2,1-5H3,(H,29,31). The van der Waals surface area contributed by atoms with Gasteiger partial charge in [0.25, 0.3) is 5.91 Å². The number of morpholine rings is 1. The van der Waals surface area contributed by atoms with Crippen molar-refractivity contribution in [1.82, 2.24) is 0 Å².